The van der Waals surface area contributed by atoms with Gasteiger partial charge in [-0.15, -0.1) is 6.42 Å². The minimum atomic E-state index is 0.590. The van der Waals surface area contributed by atoms with Crippen molar-refractivity contribution in [1.82, 2.24) is 0 Å². The predicted octanol–water partition coefficient (Wildman–Crippen LogP) is 2.65. The Morgan fingerprint density at radius 2 is 1.59 bits per heavy atom. The maximum atomic E-state index is 5.79. The highest BCUT2D eigenvalue weighted by Gasteiger charge is 1.95. The maximum Gasteiger partial charge on any atom is 0.0485 e. The first-order valence-electron chi connectivity index (χ1n) is 5.23. The van der Waals surface area contributed by atoms with E-state index in [2.05, 4.69) is 17.8 Å². The summed E-state index contributed by atoms with van der Waals surface area (Å²) in [5, 5.41) is 0. The summed E-state index contributed by atoms with van der Waals surface area (Å²) < 4.78 is 0. The van der Waals surface area contributed by atoms with Crippen molar-refractivity contribution < 1.29 is 0 Å². The van der Waals surface area contributed by atoms with Gasteiger partial charge in [0.2, 0.25) is 0 Å². The van der Waals surface area contributed by atoms with Crippen LogP contribution in [-0.2, 0) is 0 Å². The SMILES string of the molecule is C#Cc1ccc(C#Cc2ccccc2)cc1N. The lowest BCUT2D eigenvalue weighted by Crippen LogP contribution is -1.90. The van der Waals surface area contributed by atoms with Gasteiger partial charge < -0.3 is 5.73 Å². The summed E-state index contributed by atoms with van der Waals surface area (Å²) in [7, 11) is 0. The van der Waals surface area contributed by atoms with Crippen molar-refractivity contribution >= 4 is 5.69 Å². The number of hydrogen-bond acceptors (Lipinski definition) is 1. The second-order valence-electron chi connectivity index (χ2n) is 3.56. The van der Waals surface area contributed by atoms with Crippen LogP contribution in [0.15, 0.2) is 48.5 Å². The summed E-state index contributed by atoms with van der Waals surface area (Å²) in [5.41, 5.74) is 8.93. The molecule has 0 fully saturated rings. The Kier molecular flexibility index (Phi) is 3.15. The summed E-state index contributed by atoms with van der Waals surface area (Å²) in [6.45, 7) is 0. The molecule has 0 atom stereocenters. The van der Waals surface area contributed by atoms with E-state index >= 15 is 0 Å². The summed E-state index contributed by atoms with van der Waals surface area (Å²) >= 11 is 0. The average Bonchev–Trinajstić information content (AvgIpc) is 2.38. The van der Waals surface area contributed by atoms with E-state index in [1.807, 2.05) is 42.5 Å². The number of anilines is 1. The van der Waals surface area contributed by atoms with E-state index in [9.17, 15) is 0 Å². The Bertz CT molecular complexity index is 622. The van der Waals surface area contributed by atoms with Crippen molar-refractivity contribution in [1.29, 1.82) is 0 Å². The van der Waals surface area contributed by atoms with Gasteiger partial charge in [0.1, 0.15) is 0 Å². The minimum absolute atomic E-state index is 0.590. The molecule has 0 saturated heterocycles. The predicted molar refractivity (Wildman–Crippen MR) is 71.2 cm³/mol. The van der Waals surface area contributed by atoms with Gasteiger partial charge >= 0.3 is 0 Å². The molecule has 0 aliphatic heterocycles. The Balaban J connectivity index is 2.30. The second kappa shape index (κ2) is 4.92. The summed E-state index contributed by atoms with van der Waals surface area (Å²) in [4.78, 5) is 0. The van der Waals surface area contributed by atoms with Crippen LogP contribution in [-0.4, -0.2) is 0 Å². The molecule has 2 rings (SSSR count). The molecule has 0 aliphatic rings. The normalized spacial score (nSPS) is 8.88. The van der Waals surface area contributed by atoms with Gasteiger partial charge in [-0.25, -0.2) is 0 Å². The molecule has 0 heterocycles. The summed E-state index contributed by atoms with van der Waals surface area (Å²) in [5.74, 6) is 8.65. The van der Waals surface area contributed by atoms with Gasteiger partial charge in [-0.2, -0.15) is 0 Å². The molecule has 0 spiro atoms. The summed E-state index contributed by atoms with van der Waals surface area (Å²) in [6, 6.07) is 15.3. The largest absolute Gasteiger partial charge is 0.398 e. The van der Waals surface area contributed by atoms with E-state index in [-0.39, 0.29) is 0 Å². The lowest BCUT2D eigenvalue weighted by molar-refractivity contribution is 1.58. The zero-order valence-corrected chi connectivity index (χ0v) is 9.27. The third kappa shape index (κ3) is 2.68. The van der Waals surface area contributed by atoms with Gasteiger partial charge in [0.25, 0.3) is 0 Å². The van der Waals surface area contributed by atoms with Crippen molar-refractivity contribution in [3.63, 3.8) is 0 Å². The van der Waals surface area contributed by atoms with Gasteiger partial charge in [0.15, 0.2) is 0 Å². The first-order valence-corrected chi connectivity index (χ1v) is 5.23. The van der Waals surface area contributed by atoms with Crippen LogP contribution in [0.5, 0.6) is 0 Å². The number of nitrogen functional groups attached to an aromatic ring is 1. The zero-order chi connectivity index (χ0) is 12.1. The number of nitrogens with two attached hydrogens (primary N) is 1. The summed E-state index contributed by atoms with van der Waals surface area (Å²) in [6.07, 6.45) is 5.30. The van der Waals surface area contributed by atoms with E-state index in [1.54, 1.807) is 6.07 Å². The molecule has 80 valence electrons. The Morgan fingerprint density at radius 3 is 2.24 bits per heavy atom. The third-order valence-corrected chi connectivity index (χ3v) is 2.33. The van der Waals surface area contributed by atoms with E-state index in [4.69, 9.17) is 12.2 Å². The molecule has 0 radical (unpaired) electrons. The number of terminal acetylenes is 1. The number of rotatable bonds is 0. The van der Waals surface area contributed by atoms with Gasteiger partial charge in [-0.3, -0.25) is 0 Å². The van der Waals surface area contributed by atoms with E-state index in [0.717, 1.165) is 11.1 Å². The van der Waals surface area contributed by atoms with Crippen LogP contribution in [0.1, 0.15) is 16.7 Å². The lowest BCUT2D eigenvalue weighted by atomic mass is 10.1. The first kappa shape index (κ1) is 10.9. The number of benzene rings is 2. The molecule has 0 bridgehead atoms. The van der Waals surface area contributed by atoms with E-state index in [0.29, 0.717) is 11.3 Å². The fraction of sp³-hybridized carbons (Fsp3) is 0. The molecule has 0 amide bonds. The van der Waals surface area contributed by atoms with Crippen molar-refractivity contribution in [2.75, 3.05) is 5.73 Å². The average molecular weight is 217 g/mol. The molecule has 0 saturated carbocycles. The van der Waals surface area contributed by atoms with Crippen molar-refractivity contribution in [2.45, 2.75) is 0 Å². The molecule has 1 heteroatoms. The topological polar surface area (TPSA) is 26.0 Å². The highest BCUT2D eigenvalue weighted by molar-refractivity contribution is 5.59. The molecule has 0 aromatic heterocycles. The molecule has 2 aromatic carbocycles. The van der Waals surface area contributed by atoms with Crippen molar-refractivity contribution in [3.8, 4) is 24.2 Å². The Labute approximate surface area is 101 Å². The highest BCUT2D eigenvalue weighted by atomic mass is 14.5. The van der Waals surface area contributed by atoms with Gasteiger partial charge in [-0.1, -0.05) is 36.0 Å². The highest BCUT2D eigenvalue weighted by Crippen LogP contribution is 2.12. The van der Waals surface area contributed by atoms with Gasteiger partial charge in [-0.05, 0) is 30.3 Å². The smallest absolute Gasteiger partial charge is 0.0485 e. The molecule has 0 unspecified atom stereocenters. The minimum Gasteiger partial charge on any atom is -0.398 e. The standard InChI is InChI=1S/C16H11N/c1-2-15-11-10-14(12-16(15)17)9-8-13-6-4-3-5-7-13/h1,3-7,10-12H,17H2. The van der Waals surface area contributed by atoms with Crippen LogP contribution in [0.3, 0.4) is 0 Å². The van der Waals surface area contributed by atoms with Crippen molar-refractivity contribution in [2.24, 2.45) is 0 Å². The lowest BCUT2D eigenvalue weighted by Gasteiger charge is -1.98. The zero-order valence-electron chi connectivity index (χ0n) is 9.27. The third-order valence-electron chi connectivity index (χ3n) is 2.33. The Morgan fingerprint density at radius 1 is 0.882 bits per heavy atom. The van der Waals surface area contributed by atoms with E-state index < -0.39 is 0 Å². The van der Waals surface area contributed by atoms with Crippen LogP contribution >= 0.6 is 0 Å². The van der Waals surface area contributed by atoms with E-state index in [1.165, 1.54) is 0 Å². The molecule has 1 nitrogen and oxygen atoms in total. The maximum absolute atomic E-state index is 5.79. The molecular weight excluding hydrogens is 206 g/mol. The fourth-order valence-corrected chi connectivity index (χ4v) is 1.44. The Hall–Kier alpha value is -2.64. The monoisotopic (exact) mass is 217 g/mol. The molecule has 2 aromatic rings. The molecule has 0 aliphatic carbocycles. The molecular formula is C16H11N. The second-order valence-corrected chi connectivity index (χ2v) is 3.56. The van der Waals surface area contributed by atoms with Crippen LogP contribution in [0.4, 0.5) is 5.69 Å². The van der Waals surface area contributed by atoms with Crippen molar-refractivity contribution in [3.05, 3.63) is 65.2 Å². The first-order chi connectivity index (χ1) is 8.29. The van der Waals surface area contributed by atoms with Crippen LogP contribution < -0.4 is 5.73 Å². The van der Waals surface area contributed by atoms with Gasteiger partial charge in [0, 0.05) is 22.4 Å². The molecule has 17 heavy (non-hydrogen) atoms. The van der Waals surface area contributed by atoms with Crippen LogP contribution in [0.25, 0.3) is 0 Å². The quantitative estimate of drug-likeness (QED) is 0.533. The molecule has 2 N–H and O–H groups in total. The number of hydrogen-bond donors (Lipinski definition) is 1. The fourth-order valence-electron chi connectivity index (χ4n) is 1.44. The van der Waals surface area contributed by atoms with Crippen LogP contribution in [0.2, 0.25) is 0 Å². The van der Waals surface area contributed by atoms with Gasteiger partial charge in [0.05, 0.1) is 0 Å². The van der Waals surface area contributed by atoms with Crippen LogP contribution in [0, 0.1) is 24.2 Å².